The average molecular weight is 380 g/mol. The molecule has 3 aromatic rings. The Hall–Kier alpha value is -2.89. The minimum absolute atomic E-state index is 0.0527. The SMILES string of the molecule is CC(C)c1nnnn1-c1cc(C(=O)CC(C)(C)C)cc(-c2ccc(F)cc2)c1. The number of hydrogen-bond donors (Lipinski definition) is 0. The highest BCUT2D eigenvalue weighted by molar-refractivity contribution is 5.98. The molecule has 0 spiro atoms. The van der Waals surface area contributed by atoms with Crippen LogP contribution in [0, 0.1) is 11.2 Å². The fraction of sp³-hybridized carbons (Fsp3) is 0.364. The molecule has 28 heavy (non-hydrogen) atoms. The number of benzene rings is 2. The highest BCUT2D eigenvalue weighted by Crippen LogP contribution is 2.28. The van der Waals surface area contributed by atoms with Gasteiger partial charge in [0.05, 0.1) is 5.69 Å². The van der Waals surface area contributed by atoms with E-state index < -0.39 is 0 Å². The van der Waals surface area contributed by atoms with Crippen molar-refractivity contribution >= 4 is 5.78 Å². The van der Waals surface area contributed by atoms with E-state index in [0.717, 1.165) is 11.1 Å². The lowest BCUT2D eigenvalue weighted by atomic mass is 9.87. The van der Waals surface area contributed by atoms with Crippen molar-refractivity contribution in [1.82, 2.24) is 20.2 Å². The lowest BCUT2D eigenvalue weighted by molar-refractivity contribution is 0.0940. The van der Waals surface area contributed by atoms with Gasteiger partial charge in [0.15, 0.2) is 11.6 Å². The summed E-state index contributed by atoms with van der Waals surface area (Å²) in [6.45, 7) is 10.1. The number of aromatic nitrogens is 4. The summed E-state index contributed by atoms with van der Waals surface area (Å²) in [6, 6.07) is 11.8. The van der Waals surface area contributed by atoms with E-state index in [0.29, 0.717) is 23.5 Å². The molecule has 6 heteroatoms. The fourth-order valence-corrected chi connectivity index (χ4v) is 3.03. The molecule has 2 aromatic carbocycles. The van der Waals surface area contributed by atoms with Crippen molar-refractivity contribution in [3.05, 3.63) is 59.7 Å². The van der Waals surface area contributed by atoms with Gasteiger partial charge in [0.1, 0.15) is 5.82 Å². The summed E-state index contributed by atoms with van der Waals surface area (Å²) in [5.41, 5.74) is 2.83. The van der Waals surface area contributed by atoms with Gasteiger partial charge >= 0.3 is 0 Å². The highest BCUT2D eigenvalue weighted by atomic mass is 19.1. The molecule has 0 aliphatic heterocycles. The van der Waals surface area contributed by atoms with Crippen molar-refractivity contribution in [2.24, 2.45) is 5.41 Å². The van der Waals surface area contributed by atoms with Crippen LogP contribution in [-0.4, -0.2) is 26.0 Å². The first kappa shape index (κ1) is 19.9. The smallest absolute Gasteiger partial charge is 0.163 e. The summed E-state index contributed by atoms with van der Waals surface area (Å²) in [5, 5.41) is 12.0. The molecule has 1 aromatic heterocycles. The Balaban J connectivity index is 2.15. The highest BCUT2D eigenvalue weighted by Gasteiger charge is 2.20. The maximum atomic E-state index is 13.4. The Labute approximate surface area is 164 Å². The van der Waals surface area contributed by atoms with Crippen LogP contribution in [0.15, 0.2) is 42.5 Å². The van der Waals surface area contributed by atoms with Gasteiger partial charge in [-0.1, -0.05) is 46.8 Å². The second-order valence-electron chi connectivity index (χ2n) is 8.54. The Morgan fingerprint density at radius 2 is 1.75 bits per heavy atom. The Morgan fingerprint density at radius 3 is 2.36 bits per heavy atom. The molecule has 0 atom stereocenters. The van der Waals surface area contributed by atoms with E-state index in [-0.39, 0.29) is 22.9 Å². The Kier molecular flexibility index (Phi) is 5.40. The van der Waals surface area contributed by atoms with Gasteiger partial charge in [-0.3, -0.25) is 4.79 Å². The van der Waals surface area contributed by atoms with Crippen LogP contribution in [0.5, 0.6) is 0 Å². The van der Waals surface area contributed by atoms with Gasteiger partial charge in [-0.2, -0.15) is 4.68 Å². The van der Waals surface area contributed by atoms with E-state index in [1.54, 1.807) is 16.8 Å². The largest absolute Gasteiger partial charge is 0.294 e. The summed E-state index contributed by atoms with van der Waals surface area (Å²) in [7, 11) is 0. The summed E-state index contributed by atoms with van der Waals surface area (Å²) in [6.07, 6.45) is 0.423. The number of Topliss-reactive ketones (excluding diaryl/α,β-unsaturated/α-hetero) is 1. The molecule has 0 bridgehead atoms. The third-order valence-electron chi connectivity index (χ3n) is 4.36. The maximum Gasteiger partial charge on any atom is 0.163 e. The maximum absolute atomic E-state index is 13.4. The van der Waals surface area contributed by atoms with Gasteiger partial charge in [-0.15, -0.1) is 5.10 Å². The molecular weight excluding hydrogens is 355 g/mol. The van der Waals surface area contributed by atoms with E-state index in [4.69, 9.17) is 0 Å². The van der Waals surface area contributed by atoms with Crippen molar-refractivity contribution in [3.63, 3.8) is 0 Å². The molecule has 1 heterocycles. The number of hydrogen-bond acceptors (Lipinski definition) is 4. The van der Waals surface area contributed by atoms with Crippen LogP contribution in [0.3, 0.4) is 0 Å². The Bertz CT molecular complexity index is 985. The molecule has 0 N–H and O–H groups in total. The first-order valence-corrected chi connectivity index (χ1v) is 9.37. The molecule has 0 amide bonds. The normalized spacial score (nSPS) is 11.8. The van der Waals surface area contributed by atoms with Crippen LogP contribution >= 0.6 is 0 Å². The first-order valence-electron chi connectivity index (χ1n) is 9.37. The van der Waals surface area contributed by atoms with Gasteiger partial charge in [0.2, 0.25) is 0 Å². The lowest BCUT2D eigenvalue weighted by Gasteiger charge is -2.18. The third-order valence-corrected chi connectivity index (χ3v) is 4.36. The van der Waals surface area contributed by atoms with E-state index in [1.165, 1.54) is 12.1 Å². The molecule has 0 radical (unpaired) electrons. The number of tetrazole rings is 1. The van der Waals surface area contributed by atoms with Crippen molar-refractivity contribution in [1.29, 1.82) is 0 Å². The monoisotopic (exact) mass is 380 g/mol. The van der Waals surface area contributed by atoms with Gasteiger partial charge in [-0.05, 0) is 57.3 Å². The van der Waals surface area contributed by atoms with E-state index in [1.807, 2.05) is 52.8 Å². The second-order valence-corrected chi connectivity index (χ2v) is 8.54. The zero-order chi connectivity index (χ0) is 20.5. The Morgan fingerprint density at radius 1 is 1.07 bits per heavy atom. The van der Waals surface area contributed by atoms with Gasteiger partial charge in [-0.25, -0.2) is 4.39 Å². The lowest BCUT2D eigenvalue weighted by Crippen LogP contribution is -2.14. The van der Waals surface area contributed by atoms with Crippen LogP contribution < -0.4 is 0 Å². The van der Waals surface area contributed by atoms with Crippen LogP contribution in [-0.2, 0) is 0 Å². The van der Waals surface area contributed by atoms with E-state index in [2.05, 4.69) is 15.5 Å². The van der Waals surface area contributed by atoms with E-state index in [9.17, 15) is 9.18 Å². The summed E-state index contributed by atoms with van der Waals surface area (Å²) >= 11 is 0. The van der Waals surface area contributed by atoms with Gasteiger partial charge in [0, 0.05) is 17.9 Å². The van der Waals surface area contributed by atoms with Crippen molar-refractivity contribution in [2.75, 3.05) is 0 Å². The van der Waals surface area contributed by atoms with Crippen LogP contribution in [0.2, 0.25) is 0 Å². The molecule has 0 saturated carbocycles. The molecule has 0 aliphatic carbocycles. The fourth-order valence-electron chi connectivity index (χ4n) is 3.03. The number of carbonyl (C=O) groups excluding carboxylic acids is 1. The molecular formula is C22H25FN4O. The average Bonchev–Trinajstić information content (AvgIpc) is 3.10. The molecule has 146 valence electrons. The number of carbonyl (C=O) groups is 1. The standard InChI is InChI=1S/C22H25FN4O/c1-14(2)21-24-25-26-27(21)19-11-16(15-6-8-18(23)9-7-15)10-17(12-19)20(28)13-22(3,4)5/h6-12,14H,13H2,1-5H3. The van der Waals surface area contributed by atoms with Gasteiger partial charge in [0.25, 0.3) is 0 Å². The van der Waals surface area contributed by atoms with Crippen LogP contribution in [0.25, 0.3) is 16.8 Å². The predicted octanol–water partition coefficient (Wildman–Crippen LogP) is 5.21. The zero-order valence-electron chi connectivity index (χ0n) is 16.9. The minimum Gasteiger partial charge on any atom is -0.294 e. The van der Waals surface area contributed by atoms with Crippen LogP contribution in [0.1, 0.15) is 63.1 Å². The number of ketones is 1. The van der Waals surface area contributed by atoms with Gasteiger partial charge < -0.3 is 0 Å². The predicted molar refractivity (Wildman–Crippen MR) is 107 cm³/mol. The topological polar surface area (TPSA) is 60.7 Å². The molecule has 0 saturated heterocycles. The number of nitrogens with zero attached hydrogens (tertiary/aromatic N) is 4. The third kappa shape index (κ3) is 4.50. The van der Waals surface area contributed by atoms with Crippen molar-refractivity contribution in [3.8, 4) is 16.8 Å². The summed E-state index contributed by atoms with van der Waals surface area (Å²) in [4.78, 5) is 12.9. The number of halogens is 1. The first-order chi connectivity index (χ1) is 13.1. The molecule has 0 unspecified atom stereocenters. The molecule has 0 aliphatic rings. The van der Waals surface area contributed by atoms with Crippen LogP contribution in [0.4, 0.5) is 4.39 Å². The minimum atomic E-state index is -0.300. The molecule has 3 rings (SSSR count). The van der Waals surface area contributed by atoms with Crippen molar-refractivity contribution in [2.45, 2.75) is 47.0 Å². The second kappa shape index (κ2) is 7.62. The summed E-state index contributed by atoms with van der Waals surface area (Å²) in [5.74, 6) is 0.590. The zero-order valence-corrected chi connectivity index (χ0v) is 16.9. The summed E-state index contributed by atoms with van der Waals surface area (Å²) < 4.78 is 15.0. The molecule has 0 fully saturated rings. The van der Waals surface area contributed by atoms with Crippen molar-refractivity contribution < 1.29 is 9.18 Å². The molecule has 5 nitrogen and oxygen atoms in total. The van der Waals surface area contributed by atoms with E-state index >= 15 is 0 Å². The number of rotatable bonds is 5. The quantitative estimate of drug-likeness (QED) is 0.570.